The van der Waals surface area contributed by atoms with Crippen molar-refractivity contribution >= 4 is 34.5 Å². The first-order valence-corrected chi connectivity index (χ1v) is 8.82. The fourth-order valence-corrected chi connectivity index (χ4v) is 4.34. The van der Waals surface area contributed by atoms with E-state index < -0.39 is 17.4 Å². The van der Waals surface area contributed by atoms with Gasteiger partial charge in [-0.2, -0.15) is 0 Å². The van der Waals surface area contributed by atoms with Crippen molar-refractivity contribution in [2.75, 3.05) is 6.61 Å². The quantitative estimate of drug-likeness (QED) is 0.571. The van der Waals surface area contributed by atoms with E-state index in [4.69, 9.17) is 4.74 Å². The van der Waals surface area contributed by atoms with Gasteiger partial charge in [0.2, 0.25) is 0 Å². The van der Waals surface area contributed by atoms with E-state index in [-0.39, 0.29) is 17.9 Å². The second kappa shape index (κ2) is 5.96. The Morgan fingerprint density at radius 3 is 2.79 bits per heavy atom. The molecule has 0 aliphatic carbocycles. The number of carbonyl (C=O) groups is 1. The van der Waals surface area contributed by atoms with Crippen molar-refractivity contribution in [3.05, 3.63) is 69.4 Å². The van der Waals surface area contributed by atoms with E-state index in [9.17, 15) is 13.6 Å². The van der Waals surface area contributed by atoms with Crippen LogP contribution in [0.15, 0.2) is 47.4 Å². The number of Topliss-reactive ketones (excluding diaryl/α,β-unsaturated/α-hetero) is 1. The van der Waals surface area contributed by atoms with Gasteiger partial charge in [-0.1, -0.05) is 6.07 Å². The molecular formula is C18H10F2O2S2. The molecule has 0 saturated heterocycles. The fourth-order valence-electron chi connectivity index (χ4n) is 2.52. The molecule has 0 bridgehead atoms. The zero-order valence-electron chi connectivity index (χ0n) is 12.2. The second-order valence-electron chi connectivity index (χ2n) is 5.23. The molecule has 0 unspecified atom stereocenters. The molecule has 0 saturated carbocycles. The predicted octanol–water partition coefficient (Wildman–Crippen LogP) is 5.41. The van der Waals surface area contributed by atoms with Crippen LogP contribution in [0.4, 0.5) is 8.78 Å². The third kappa shape index (κ3) is 2.68. The van der Waals surface area contributed by atoms with Crippen molar-refractivity contribution in [2.24, 2.45) is 0 Å². The standard InChI is InChI=1S/C18H10F2O2S2/c19-11-7-13-17(21)10(9-22-18(13)14(20)8-11)6-12-3-4-16(24-12)15-2-1-5-23-15/h1-8H,9H2/b10-6-. The van der Waals surface area contributed by atoms with Crippen LogP contribution < -0.4 is 4.74 Å². The van der Waals surface area contributed by atoms with Gasteiger partial charge in [-0.25, -0.2) is 8.78 Å². The van der Waals surface area contributed by atoms with Crippen molar-refractivity contribution in [2.45, 2.75) is 0 Å². The van der Waals surface area contributed by atoms with E-state index in [1.807, 2.05) is 29.6 Å². The Morgan fingerprint density at radius 2 is 2.00 bits per heavy atom. The van der Waals surface area contributed by atoms with E-state index in [0.717, 1.165) is 20.7 Å². The summed E-state index contributed by atoms with van der Waals surface area (Å²) in [6.45, 7) is -0.0272. The summed E-state index contributed by atoms with van der Waals surface area (Å²) in [5, 5.41) is 2.01. The third-order valence-electron chi connectivity index (χ3n) is 3.62. The molecular weight excluding hydrogens is 350 g/mol. The highest BCUT2D eigenvalue weighted by Crippen LogP contribution is 2.35. The molecule has 1 aliphatic heterocycles. The number of thiophene rings is 2. The van der Waals surface area contributed by atoms with Gasteiger partial charge >= 0.3 is 0 Å². The first kappa shape index (κ1) is 15.2. The highest BCUT2D eigenvalue weighted by molar-refractivity contribution is 7.21. The van der Waals surface area contributed by atoms with E-state index in [1.54, 1.807) is 28.7 Å². The number of ketones is 1. The number of carbonyl (C=O) groups excluding carboxylic acids is 1. The van der Waals surface area contributed by atoms with Crippen LogP contribution in [0.2, 0.25) is 0 Å². The maximum atomic E-state index is 13.7. The summed E-state index contributed by atoms with van der Waals surface area (Å²) < 4.78 is 32.4. The number of ether oxygens (including phenoxy) is 1. The van der Waals surface area contributed by atoms with Crippen molar-refractivity contribution in [3.8, 4) is 15.5 Å². The molecule has 0 amide bonds. The molecule has 3 aromatic rings. The number of benzene rings is 1. The van der Waals surface area contributed by atoms with E-state index in [2.05, 4.69) is 0 Å². The monoisotopic (exact) mass is 360 g/mol. The average molecular weight is 360 g/mol. The van der Waals surface area contributed by atoms with Gasteiger partial charge in [0.25, 0.3) is 0 Å². The number of rotatable bonds is 2. The van der Waals surface area contributed by atoms with Crippen LogP contribution in [0.25, 0.3) is 15.8 Å². The Hall–Kier alpha value is -2.31. The third-order valence-corrected chi connectivity index (χ3v) is 5.72. The summed E-state index contributed by atoms with van der Waals surface area (Å²) in [5.74, 6) is -2.22. The summed E-state index contributed by atoms with van der Waals surface area (Å²) in [6.07, 6.45) is 1.72. The van der Waals surface area contributed by atoms with Crippen LogP contribution in [0.1, 0.15) is 15.2 Å². The van der Waals surface area contributed by atoms with Crippen molar-refractivity contribution in [1.29, 1.82) is 0 Å². The van der Waals surface area contributed by atoms with Gasteiger partial charge in [0, 0.05) is 26.3 Å². The Morgan fingerprint density at radius 1 is 1.12 bits per heavy atom. The predicted molar refractivity (Wildman–Crippen MR) is 91.8 cm³/mol. The summed E-state index contributed by atoms with van der Waals surface area (Å²) in [5.41, 5.74) is 0.312. The number of hydrogen-bond acceptors (Lipinski definition) is 4. The molecule has 2 aromatic heterocycles. The molecule has 1 aromatic carbocycles. The molecule has 3 heterocycles. The first-order valence-electron chi connectivity index (χ1n) is 7.12. The van der Waals surface area contributed by atoms with Crippen LogP contribution >= 0.6 is 22.7 Å². The lowest BCUT2D eigenvalue weighted by molar-refractivity contribution is 0.0997. The van der Waals surface area contributed by atoms with Crippen molar-refractivity contribution in [1.82, 2.24) is 0 Å². The van der Waals surface area contributed by atoms with Gasteiger partial charge in [0.05, 0.1) is 5.56 Å². The molecule has 24 heavy (non-hydrogen) atoms. The molecule has 6 heteroatoms. The van der Waals surface area contributed by atoms with Crippen LogP contribution in [0.3, 0.4) is 0 Å². The van der Waals surface area contributed by atoms with Gasteiger partial charge in [0.15, 0.2) is 17.3 Å². The van der Waals surface area contributed by atoms with Crippen LogP contribution in [-0.4, -0.2) is 12.4 Å². The van der Waals surface area contributed by atoms with Crippen LogP contribution in [0.5, 0.6) is 5.75 Å². The fraction of sp³-hybridized carbons (Fsp3) is 0.0556. The molecule has 0 fully saturated rings. The molecule has 1 aliphatic rings. The van der Waals surface area contributed by atoms with Crippen molar-refractivity contribution < 1.29 is 18.3 Å². The number of fused-ring (bicyclic) bond motifs is 1. The topological polar surface area (TPSA) is 26.3 Å². The molecule has 0 N–H and O–H groups in total. The highest BCUT2D eigenvalue weighted by atomic mass is 32.1. The Kier molecular flexibility index (Phi) is 3.78. The zero-order chi connectivity index (χ0) is 16.7. The Labute approximate surface area is 144 Å². The van der Waals surface area contributed by atoms with E-state index in [0.29, 0.717) is 11.6 Å². The minimum atomic E-state index is -0.853. The summed E-state index contributed by atoms with van der Waals surface area (Å²) in [4.78, 5) is 15.6. The summed E-state index contributed by atoms with van der Waals surface area (Å²) >= 11 is 3.20. The first-order chi connectivity index (χ1) is 11.6. The summed E-state index contributed by atoms with van der Waals surface area (Å²) in [6, 6.07) is 9.65. The zero-order valence-corrected chi connectivity index (χ0v) is 13.8. The number of hydrogen-bond donors (Lipinski definition) is 0. The van der Waals surface area contributed by atoms with Gasteiger partial charge in [-0.3, -0.25) is 4.79 Å². The van der Waals surface area contributed by atoms with Crippen LogP contribution in [0, 0.1) is 11.6 Å². The lowest BCUT2D eigenvalue weighted by atomic mass is 9.99. The summed E-state index contributed by atoms with van der Waals surface area (Å²) in [7, 11) is 0. The Balaban J connectivity index is 1.68. The van der Waals surface area contributed by atoms with Crippen molar-refractivity contribution in [3.63, 3.8) is 0 Å². The average Bonchev–Trinajstić information content (AvgIpc) is 3.21. The minimum Gasteiger partial charge on any atom is -0.485 e. The van der Waals surface area contributed by atoms with E-state index in [1.165, 1.54) is 0 Å². The lowest BCUT2D eigenvalue weighted by Crippen LogP contribution is -2.20. The lowest BCUT2D eigenvalue weighted by Gasteiger charge is -2.19. The molecule has 120 valence electrons. The van der Waals surface area contributed by atoms with Gasteiger partial charge in [-0.15, -0.1) is 22.7 Å². The SMILES string of the molecule is O=C1/C(=C\c2ccc(-c3cccs3)s2)COc2c(F)cc(F)cc21. The second-order valence-corrected chi connectivity index (χ2v) is 7.29. The molecule has 0 spiro atoms. The maximum absolute atomic E-state index is 13.7. The van der Waals surface area contributed by atoms with Gasteiger partial charge in [-0.05, 0) is 35.7 Å². The molecule has 4 rings (SSSR count). The minimum absolute atomic E-state index is 0.0272. The largest absolute Gasteiger partial charge is 0.485 e. The Bertz CT molecular complexity index is 956. The molecule has 2 nitrogen and oxygen atoms in total. The number of halogens is 2. The maximum Gasteiger partial charge on any atom is 0.196 e. The molecule has 0 radical (unpaired) electrons. The highest BCUT2D eigenvalue weighted by Gasteiger charge is 2.27. The van der Waals surface area contributed by atoms with Gasteiger partial charge in [0.1, 0.15) is 12.4 Å². The van der Waals surface area contributed by atoms with E-state index >= 15 is 0 Å². The van der Waals surface area contributed by atoms with Gasteiger partial charge < -0.3 is 4.74 Å². The molecule has 0 atom stereocenters. The van der Waals surface area contributed by atoms with Crippen LogP contribution in [-0.2, 0) is 0 Å². The smallest absolute Gasteiger partial charge is 0.196 e. The normalized spacial score (nSPS) is 15.4.